The topological polar surface area (TPSA) is 38.7 Å². The normalized spacial score (nSPS) is 11.4. The Bertz CT molecular complexity index is 2280. The van der Waals surface area contributed by atoms with Crippen LogP contribution in [0, 0.1) is 13.8 Å². The number of benzene rings is 6. The van der Waals surface area contributed by atoms with Crippen LogP contribution in [0.3, 0.4) is 0 Å². The smallest absolute Gasteiger partial charge is 0.0973 e. The molecule has 44 heavy (non-hydrogen) atoms. The lowest BCUT2D eigenvalue weighted by atomic mass is 9.85. The highest BCUT2D eigenvalue weighted by atomic mass is 14.8. The van der Waals surface area contributed by atoms with Gasteiger partial charge in [0.2, 0.25) is 0 Å². The van der Waals surface area contributed by atoms with Gasteiger partial charge in [-0.2, -0.15) is 0 Å². The highest BCUT2D eigenvalue weighted by molar-refractivity contribution is 6.21. The van der Waals surface area contributed by atoms with Crippen molar-refractivity contribution in [2.45, 2.75) is 13.8 Å². The first kappa shape index (κ1) is 26.0. The standard InChI is InChI=1S/C41H29N3/c1-26-20-25-31(27(2)42-26)39-34-16-8-6-14-32(34)38(33-15-7-9-17-35(33)39)28-21-23-30(24-22-28)41-40(29-12-4-3-5-13-29)43-36-18-10-11-19-37(36)44-41/h3-25H,1-2H3. The second kappa shape index (κ2) is 10.6. The lowest BCUT2D eigenvalue weighted by molar-refractivity contribution is 1.13. The average molecular weight is 564 g/mol. The molecule has 0 saturated carbocycles. The first-order valence-electron chi connectivity index (χ1n) is 15.0. The van der Waals surface area contributed by atoms with E-state index in [0.29, 0.717) is 0 Å². The van der Waals surface area contributed by atoms with Crippen molar-refractivity contribution in [3.05, 3.63) is 151 Å². The van der Waals surface area contributed by atoms with E-state index in [1.807, 2.05) is 49.4 Å². The fraction of sp³-hybridized carbons (Fsp3) is 0.0488. The van der Waals surface area contributed by atoms with Crippen LogP contribution in [-0.4, -0.2) is 15.0 Å². The molecule has 0 bridgehead atoms. The summed E-state index contributed by atoms with van der Waals surface area (Å²) in [4.78, 5) is 15.0. The molecule has 8 rings (SSSR count). The van der Waals surface area contributed by atoms with Gasteiger partial charge in [-0.1, -0.05) is 121 Å². The molecule has 0 N–H and O–H groups in total. The molecule has 208 valence electrons. The summed E-state index contributed by atoms with van der Waals surface area (Å²) in [5.74, 6) is 0. The molecule has 3 nitrogen and oxygen atoms in total. The molecule has 6 aromatic carbocycles. The van der Waals surface area contributed by atoms with Crippen LogP contribution in [0.4, 0.5) is 0 Å². The van der Waals surface area contributed by atoms with Crippen molar-refractivity contribution >= 4 is 32.6 Å². The number of rotatable bonds is 4. The van der Waals surface area contributed by atoms with Crippen LogP contribution in [0.1, 0.15) is 11.4 Å². The summed E-state index contributed by atoms with van der Waals surface area (Å²) in [6, 6.07) is 49.1. The number of para-hydroxylation sites is 2. The van der Waals surface area contributed by atoms with E-state index in [4.69, 9.17) is 15.0 Å². The molecule has 0 aliphatic heterocycles. The zero-order valence-corrected chi connectivity index (χ0v) is 24.6. The Morgan fingerprint density at radius 2 is 0.818 bits per heavy atom. The lowest BCUT2D eigenvalue weighted by Crippen LogP contribution is -1.96. The Morgan fingerprint density at radius 1 is 0.364 bits per heavy atom. The Balaban J connectivity index is 1.34. The van der Waals surface area contributed by atoms with Gasteiger partial charge in [-0.25, -0.2) is 9.97 Å². The van der Waals surface area contributed by atoms with Crippen molar-refractivity contribution in [2.24, 2.45) is 0 Å². The molecule has 0 saturated heterocycles. The van der Waals surface area contributed by atoms with Crippen molar-refractivity contribution < 1.29 is 0 Å². The molecule has 0 radical (unpaired) electrons. The second-order valence-corrected chi connectivity index (χ2v) is 11.3. The Labute approximate surface area is 256 Å². The number of aromatic nitrogens is 3. The second-order valence-electron chi connectivity index (χ2n) is 11.3. The van der Waals surface area contributed by atoms with Crippen molar-refractivity contribution in [1.29, 1.82) is 0 Å². The number of aryl methyl sites for hydroxylation is 2. The molecule has 3 heteroatoms. The minimum absolute atomic E-state index is 0.883. The molecule has 8 aromatic rings. The third kappa shape index (κ3) is 4.33. The van der Waals surface area contributed by atoms with E-state index in [0.717, 1.165) is 44.9 Å². The predicted octanol–water partition coefficient (Wildman–Crippen LogP) is 10.6. The third-order valence-electron chi connectivity index (χ3n) is 8.49. The van der Waals surface area contributed by atoms with E-state index in [2.05, 4.69) is 104 Å². The Kier molecular flexibility index (Phi) is 6.23. The van der Waals surface area contributed by atoms with Crippen LogP contribution in [-0.2, 0) is 0 Å². The van der Waals surface area contributed by atoms with Gasteiger partial charge >= 0.3 is 0 Å². The molecule has 2 aromatic heterocycles. The third-order valence-corrected chi connectivity index (χ3v) is 8.49. The maximum absolute atomic E-state index is 5.12. The van der Waals surface area contributed by atoms with Gasteiger partial charge in [0.1, 0.15) is 0 Å². The fourth-order valence-electron chi connectivity index (χ4n) is 6.47. The number of nitrogens with zero attached hydrogens (tertiary/aromatic N) is 3. The Morgan fingerprint density at radius 3 is 1.36 bits per heavy atom. The van der Waals surface area contributed by atoms with Crippen molar-refractivity contribution in [2.75, 3.05) is 0 Å². The highest BCUT2D eigenvalue weighted by Crippen LogP contribution is 2.44. The molecule has 0 atom stereocenters. The summed E-state index contributed by atoms with van der Waals surface area (Å²) < 4.78 is 0. The molecule has 0 unspecified atom stereocenters. The average Bonchev–Trinajstić information content (AvgIpc) is 3.07. The zero-order chi connectivity index (χ0) is 29.6. The van der Waals surface area contributed by atoms with Gasteiger partial charge < -0.3 is 0 Å². The quantitative estimate of drug-likeness (QED) is 0.200. The van der Waals surface area contributed by atoms with Gasteiger partial charge in [-0.15, -0.1) is 0 Å². The molecule has 0 amide bonds. The van der Waals surface area contributed by atoms with Crippen molar-refractivity contribution in [3.63, 3.8) is 0 Å². The van der Waals surface area contributed by atoms with E-state index in [1.54, 1.807) is 0 Å². The summed E-state index contributed by atoms with van der Waals surface area (Å²) in [6.07, 6.45) is 0. The summed E-state index contributed by atoms with van der Waals surface area (Å²) in [7, 11) is 0. The van der Waals surface area contributed by atoms with Gasteiger partial charge in [0.25, 0.3) is 0 Å². The van der Waals surface area contributed by atoms with E-state index in [9.17, 15) is 0 Å². The monoisotopic (exact) mass is 563 g/mol. The first-order chi connectivity index (χ1) is 21.7. The van der Waals surface area contributed by atoms with Gasteiger partial charge in [-0.3, -0.25) is 4.98 Å². The molecular formula is C41H29N3. The zero-order valence-electron chi connectivity index (χ0n) is 24.6. The van der Waals surface area contributed by atoms with E-state index in [-0.39, 0.29) is 0 Å². The molecule has 0 fully saturated rings. The SMILES string of the molecule is Cc1ccc(-c2c3ccccc3c(-c3ccc(-c4nc5ccccc5nc4-c4ccccc4)cc3)c3ccccc23)c(C)n1. The maximum atomic E-state index is 5.12. The number of fused-ring (bicyclic) bond motifs is 3. The number of hydrogen-bond donors (Lipinski definition) is 0. The molecular weight excluding hydrogens is 534 g/mol. The van der Waals surface area contributed by atoms with Crippen LogP contribution in [0.2, 0.25) is 0 Å². The van der Waals surface area contributed by atoms with Gasteiger partial charge in [0.15, 0.2) is 0 Å². The fourth-order valence-corrected chi connectivity index (χ4v) is 6.47. The number of pyridine rings is 1. The molecule has 2 heterocycles. The number of hydrogen-bond acceptors (Lipinski definition) is 3. The van der Waals surface area contributed by atoms with Gasteiger partial charge in [0, 0.05) is 28.1 Å². The van der Waals surface area contributed by atoms with E-state index in [1.165, 1.54) is 43.8 Å². The summed E-state index contributed by atoms with van der Waals surface area (Å²) in [5, 5.41) is 4.91. The van der Waals surface area contributed by atoms with E-state index < -0.39 is 0 Å². The van der Waals surface area contributed by atoms with Crippen molar-refractivity contribution in [3.8, 4) is 44.8 Å². The van der Waals surface area contributed by atoms with Gasteiger partial charge in [0.05, 0.1) is 22.4 Å². The van der Waals surface area contributed by atoms with Gasteiger partial charge in [-0.05, 0) is 70.3 Å². The summed E-state index contributed by atoms with van der Waals surface area (Å²) in [5.41, 5.74) is 12.5. The predicted molar refractivity (Wildman–Crippen MR) is 184 cm³/mol. The van der Waals surface area contributed by atoms with Crippen molar-refractivity contribution in [1.82, 2.24) is 15.0 Å². The Hall–Kier alpha value is -5.67. The lowest BCUT2D eigenvalue weighted by Gasteiger charge is -2.19. The van der Waals surface area contributed by atoms with Crippen LogP contribution >= 0.6 is 0 Å². The van der Waals surface area contributed by atoms with Crippen LogP contribution in [0.5, 0.6) is 0 Å². The summed E-state index contributed by atoms with van der Waals surface area (Å²) >= 11 is 0. The van der Waals surface area contributed by atoms with Crippen LogP contribution < -0.4 is 0 Å². The molecule has 0 aliphatic carbocycles. The largest absolute Gasteiger partial charge is 0.258 e. The molecule has 0 spiro atoms. The minimum atomic E-state index is 0.883. The van der Waals surface area contributed by atoms with Crippen LogP contribution in [0.25, 0.3) is 77.3 Å². The summed E-state index contributed by atoms with van der Waals surface area (Å²) in [6.45, 7) is 4.16. The first-order valence-corrected chi connectivity index (χ1v) is 15.0. The highest BCUT2D eigenvalue weighted by Gasteiger charge is 2.19. The van der Waals surface area contributed by atoms with Crippen LogP contribution in [0.15, 0.2) is 140 Å². The van der Waals surface area contributed by atoms with E-state index >= 15 is 0 Å². The minimum Gasteiger partial charge on any atom is -0.258 e. The maximum Gasteiger partial charge on any atom is 0.0973 e. The molecule has 0 aliphatic rings.